The summed E-state index contributed by atoms with van der Waals surface area (Å²) in [6, 6.07) is 7.07. The molecule has 1 fully saturated rings. The van der Waals surface area contributed by atoms with E-state index < -0.39 is 0 Å². The van der Waals surface area contributed by atoms with Gasteiger partial charge in [-0.25, -0.2) is 0 Å². The first-order valence-electron chi connectivity index (χ1n) is 7.22. The minimum absolute atomic E-state index is 0.483. The van der Waals surface area contributed by atoms with Gasteiger partial charge in [-0.15, -0.1) is 0 Å². The van der Waals surface area contributed by atoms with Crippen LogP contribution in [0.3, 0.4) is 0 Å². The Balaban J connectivity index is 2.02. The summed E-state index contributed by atoms with van der Waals surface area (Å²) >= 11 is 6.41. The summed E-state index contributed by atoms with van der Waals surface area (Å²) < 4.78 is 0. The predicted octanol–water partition coefficient (Wildman–Crippen LogP) is 3.50. The van der Waals surface area contributed by atoms with Crippen LogP contribution in [-0.4, -0.2) is 32.1 Å². The average molecular weight is 281 g/mol. The predicted molar refractivity (Wildman–Crippen MR) is 82.9 cm³/mol. The molecule has 0 spiro atoms. The van der Waals surface area contributed by atoms with Gasteiger partial charge in [0, 0.05) is 17.6 Å². The van der Waals surface area contributed by atoms with E-state index in [0.717, 1.165) is 30.5 Å². The second-order valence-corrected chi connectivity index (χ2v) is 6.45. The lowest BCUT2D eigenvalue weighted by Gasteiger charge is -2.28. The Morgan fingerprint density at radius 2 is 2.11 bits per heavy atom. The van der Waals surface area contributed by atoms with Gasteiger partial charge in [0.25, 0.3) is 0 Å². The van der Waals surface area contributed by atoms with Crippen molar-refractivity contribution in [3.05, 3.63) is 34.3 Å². The lowest BCUT2D eigenvalue weighted by Crippen LogP contribution is -2.31. The maximum absolute atomic E-state index is 6.41. The van der Waals surface area contributed by atoms with Gasteiger partial charge in [-0.05, 0) is 63.0 Å². The Morgan fingerprint density at radius 1 is 1.32 bits per heavy atom. The summed E-state index contributed by atoms with van der Waals surface area (Å²) in [5.74, 6) is 0.797. The fourth-order valence-electron chi connectivity index (χ4n) is 2.61. The normalized spacial score (nSPS) is 23.8. The van der Waals surface area contributed by atoms with Gasteiger partial charge in [0.1, 0.15) is 0 Å². The Morgan fingerprint density at radius 3 is 2.68 bits per heavy atom. The largest absolute Gasteiger partial charge is 0.310 e. The Bertz CT molecular complexity index is 409. The van der Waals surface area contributed by atoms with Crippen LogP contribution in [-0.2, 0) is 6.42 Å². The molecule has 0 unspecified atom stereocenters. The maximum Gasteiger partial charge on any atom is 0.0441 e. The minimum Gasteiger partial charge on any atom is -0.310 e. The van der Waals surface area contributed by atoms with Gasteiger partial charge in [-0.3, -0.25) is 0 Å². The van der Waals surface area contributed by atoms with E-state index in [2.05, 4.69) is 49.4 Å². The number of nitrogens with one attached hydrogen (secondary N) is 1. The van der Waals surface area contributed by atoms with Crippen molar-refractivity contribution in [1.82, 2.24) is 10.2 Å². The molecule has 1 aromatic carbocycles. The molecule has 2 nitrogen and oxygen atoms in total. The van der Waals surface area contributed by atoms with E-state index in [1.807, 2.05) is 0 Å². The van der Waals surface area contributed by atoms with E-state index >= 15 is 0 Å². The molecule has 2 rings (SSSR count). The zero-order valence-electron chi connectivity index (χ0n) is 12.2. The number of likely N-dealkylation sites (N-methyl/N-ethyl adjacent to an activating group) is 1. The van der Waals surface area contributed by atoms with Crippen molar-refractivity contribution in [2.75, 3.05) is 27.2 Å². The number of nitrogens with zero attached hydrogens (tertiary/aromatic N) is 1. The van der Waals surface area contributed by atoms with E-state index in [-0.39, 0.29) is 0 Å². The summed E-state index contributed by atoms with van der Waals surface area (Å²) in [6.45, 7) is 4.46. The number of hydrogen-bond donors (Lipinski definition) is 1. The van der Waals surface area contributed by atoms with Crippen LogP contribution in [0.2, 0.25) is 5.02 Å². The highest BCUT2D eigenvalue weighted by molar-refractivity contribution is 6.31. The summed E-state index contributed by atoms with van der Waals surface area (Å²) in [5, 5.41) is 4.53. The molecule has 0 aliphatic carbocycles. The second kappa shape index (κ2) is 6.74. The molecule has 1 aliphatic rings. The van der Waals surface area contributed by atoms with Crippen molar-refractivity contribution >= 4 is 11.6 Å². The molecule has 1 heterocycles. The standard InChI is InChI=1S/C16H25ClN2/c1-12-4-7-16(18-11-12)14-6-5-13(15(17)10-14)8-9-19(2)3/h5-6,10,12,16,18H,4,7-9,11H2,1-3H3/t12-,16+/m0/s1. The molecule has 1 aliphatic heterocycles. The number of rotatable bonds is 4. The Kier molecular flexibility index (Phi) is 5.26. The highest BCUT2D eigenvalue weighted by Crippen LogP contribution is 2.28. The molecule has 1 N–H and O–H groups in total. The summed E-state index contributed by atoms with van der Waals surface area (Å²) in [7, 11) is 4.19. The topological polar surface area (TPSA) is 15.3 Å². The number of piperidine rings is 1. The van der Waals surface area contributed by atoms with Gasteiger partial charge >= 0.3 is 0 Å². The average Bonchev–Trinajstić information content (AvgIpc) is 2.38. The zero-order valence-corrected chi connectivity index (χ0v) is 13.0. The van der Waals surface area contributed by atoms with E-state index in [1.165, 1.54) is 24.0 Å². The van der Waals surface area contributed by atoms with Crippen LogP contribution in [0.5, 0.6) is 0 Å². The summed E-state index contributed by atoms with van der Waals surface area (Å²) in [6.07, 6.45) is 3.54. The monoisotopic (exact) mass is 280 g/mol. The molecule has 3 heteroatoms. The highest BCUT2D eigenvalue weighted by Gasteiger charge is 2.19. The Hall–Kier alpha value is -0.570. The first-order chi connectivity index (χ1) is 9.06. The molecule has 1 aromatic rings. The molecule has 19 heavy (non-hydrogen) atoms. The van der Waals surface area contributed by atoms with Crippen LogP contribution in [0.4, 0.5) is 0 Å². The van der Waals surface area contributed by atoms with E-state index in [1.54, 1.807) is 0 Å². The quantitative estimate of drug-likeness (QED) is 0.908. The molecule has 2 atom stereocenters. The van der Waals surface area contributed by atoms with Crippen molar-refractivity contribution < 1.29 is 0 Å². The molecular weight excluding hydrogens is 256 g/mol. The van der Waals surface area contributed by atoms with Crippen LogP contribution in [0.1, 0.15) is 36.9 Å². The third-order valence-electron chi connectivity index (χ3n) is 3.97. The van der Waals surface area contributed by atoms with Gasteiger partial charge in [0.05, 0.1) is 0 Å². The fourth-order valence-corrected chi connectivity index (χ4v) is 2.89. The molecule has 0 bridgehead atoms. The third kappa shape index (κ3) is 4.20. The summed E-state index contributed by atoms with van der Waals surface area (Å²) in [4.78, 5) is 2.19. The first kappa shape index (κ1) is 14.8. The fraction of sp³-hybridized carbons (Fsp3) is 0.625. The number of halogens is 1. The molecule has 0 aromatic heterocycles. The molecule has 1 saturated heterocycles. The SMILES string of the molecule is C[C@H]1CC[C@H](c2ccc(CCN(C)C)c(Cl)c2)NC1. The first-order valence-corrected chi connectivity index (χ1v) is 7.60. The van der Waals surface area contributed by atoms with E-state index in [4.69, 9.17) is 11.6 Å². The third-order valence-corrected chi connectivity index (χ3v) is 4.32. The lowest BCUT2D eigenvalue weighted by molar-refractivity contribution is 0.333. The molecule has 0 amide bonds. The zero-order chi connectivity index (χ0) is 13.8. The molecule has 106 valence electrons. The smallest absolute Gasteiger partial charge is 0.0441 e. The van der Waals surface area contributed by atoms with Crippen LogP contribution in [0.25, 0.3) is 0 Å². The van der Waals surface area contributed by atoms with Gasteiger partial charge in [0.2, 0.25) is 0 Å². The van der Waals surface area contributed by atoms with Crippen molar-refractivity contribution in [2.24, 2.45) is 5.92 Å². The van der Waals surface area contributed by atoms with Crippen LogP contribution in [0, 0.1) is 5.92 Å². The van der Waals surface area contributed by atoms with Crippen molar-refractivity contribution in [3.8, 4) is 0 Å². The van der Waals surface area contributed by atoms with Crippen molar-refractivity contribution in [1.29, 1.82) is 0 Å². The van der Waals surface area contributed by atoms with Gasteiger partial charge < -0.3 is 10.2 Å². The van der Waals surface area contributed by atoms with E-state index in [9.17, 15) is 0 Å². The molecule has 0 radical (unpaired) electrons. The van der Waals surface area contributed by atoms with Crippen molar-refractivity contribution in [3.63, 3.8) is 0 Å². The molecule has 0 saturated carbocycles. The van der Waals surface area contributed by atoms with Gasteiger partial charge in [0.15, 0.2) is 0 Å². The minimum atomic E-state index is 0.483. The lowest BCUT2D eigenvalue weighted by atomic mass is 9.91. The maximum atomic E-state index is 6.41. The summed E-state index contributed by atoms with van der Waals surface area (Å²) in [5.41, 5.74) is 2.59. The van der Waals surface area contributed by atoms with E-state index in [0.29, 0.717) is 6.04 Å². The second-order valence-electron chi connectivity index (χ2n) is 6.05. The van der Waals surface area contributed by atoms with Crippen LogP contribution in [0.15, 0.2) is 18.2 Å². The molecular formula is C16H25ClN2. The highest BCUT2D eigenvalue weighted by atomic mass is 35.5. The van der Waals surface area contributed by atoms with Crippen molar-refractivity contribution in [2.45, 2.75) is 32.2 Å². The Labute approximate surface area is 122 Å². The van der Waals surface area contributed by atoms with Gasteiger partial charge in [-0.2, -0.15) is 0 Å². The van der Waals surface area contributed by atoms with Crippen LogP contribution < -0.4 is 5.32 Å². The van der Waals surface area contributed by atoms with Crippen LogP contribution >= 0.6 is 11.6 Å². The number of benzene rings is 1. The van der Waals surface area contributed by atoms with Gasteiger partial charge in [-0.1, -0.05) is 30.7 Å². The number of hydrogen-bond acceptors (Lipinski definition) is 2.